The van der Waals surface area contributed by atoms with Gasteiger partial charge in [0.2, 0.25) is 0 Å². The molecule has 0 spiro atoms. The second-order valence-corrected chi connectivity index (χ2v) is 8.53. The number of rotatable bonds is 4. The molecule has 0 saturated heterocycles. The van der Waals surface area contributed by atoms with Crippen LogP contribution in [0.25, 0.3) is 22.5 Å². The van der Waals surface area contributed by atoms with E-state index in [2.05, 4.69) is 31.9 Å². The highest BCUT2D eigenvalue weighted by molar-refractivity contribution is 9.10. The predicted molar refractivity (Wildman–Crippen MR) is 119 cm³/mol. The lowest BCUT2D eigenvalue weighted by Crippen LogP contribution is -2.04. The lowest BCUT2D eigenvalue weighted by molar-refractivity contribution is 0.620. The second-order valence-electron chi connectivity index (χ2n) is 6.32. The molecular weight excluding hydrogens is 507 g/mol. The van der Waals surface area contributed by atoms with Crippen molar-refractivity contribution < 1.29 is 4.39 Å². The Kier molecular flexibility index (Phi) is 5.67. The molecule has 0 atom stereocenters. The van der Waals surface area contributed by atoms with Gasteiger partial charge in [0.1, 0.15) is 11.5 Å². The average molecular weight is 521 g/mol. The molecule has 140 valence electrons. The molecule has 0 bridgehead atoms. The van der Waals surface area contributed by atoms with E-state index >= 15 is 0 Å². The van der Waals surface area contributed by atoms with E-state index in [0.717, 1.165) is 31.3 Å². The van der Waals surface area contributed by atoms with Crippen molar-refractivity contribution in [3.63, 3.8) is 0 Å². The molecule has 0 aliphatic rings. The summed E-state index contributed by atoms with van der Waals surface area (Å²) in [5.41, 5.74) is 4.14. The van der Waals surface area contributed by atoms with Gasteiger partial charge in [-0.05, 0) is 42.0 Å². The molecule has 28 heavy (non-hydrogen) atoms. The van der Waals surface area contributed by atoms with E-state index in [4.69, 9.17) is 16.7 Å². The minimum atomic E-state index is -0.271. The van der Waals surface area contributed by atoms with Gasteiger partial charge < -0.3 is 0 Å². The molecule has 4 rings (SSSR count). The number of benzene rings is 3. The Morgan fingerprint density at radius 1 is 0.857 bits per heavy atom. The van der Waals surface area contributed by atoms with Crippen molar-refractivity contribution in [3.05, 3.63) is 98.1 Å². The molecule has 4 aromatic rings. The molecule has 0 fully saturated rings. The zero-order valence-corrected chi connectivity index (χ0v) is 18.5. The van der Waals surface area contributed by atoms with Crippen molar-refractivity contribution in [2.45, 2.75) is 6.54 Å². The van der Waals surface area contributed by atoms with Crippen LogP contribution in [-0.4, -0.2) is 9.78 Å². The molecule has 0 saturated carbocycles. The summed E-state index contributed by atoms with van der Waals surface area (Å²) in [6.45, 7) is 0.410. The van der Waals surface area contributed by atoms with Crippen LogP contribution >= 0.6 is 43.5 Å². The standard InChI is InChI=1S/C22H14Br2ClFN2/c23-17-7-2-5-15(11-17)21-20(25)22(16-6-3-8-18(24)12-16)28(27-21)13-14-4-1-9-19(26)10-14/h1-12H,13H2. The van der Waals surface area contributed by atoms with Crippen molar-refractivity contribution in [1.29, 1.82) is 0 Å². The van der Waals surface area contributed by atoms with E-state index in [9.17, 15) is 4.39 Å². The quantitative estimate of drug-likeness (QED) is 0.271. The summed E-state index contributed by atoms with van der Waals surface area (Å²) in [6.07, 6.45) is 0. The van der Waals surface area contributed by atoms with Crippen LogP contribution < -0.4 is 0 Å². The average Bonchev–Trinajstić information content (AvgIpc) is 2.98. The Bertz CT molecular complexity index is 1160. The van der Waals surface area contributed by atoms with Gasteiger partial charge in [-0.25, -0.2) is 4.39 Å². The number of nitrogens with zero attached hydrogens (tertiary/aromatic N) is 2. The smallest absolute Gasteiger partial charge is 0.123 e. The highest BCUT2D eigenvalue weighted by Crippen LogP contribution is 2.38. The number of hydrogen-bond donors (Lipinski definition) is 0. The molecule has 0 aliphatic heterocycles. The molecule has 2 nitrogen and oxygen atoms in total. The summed E-state index contributed by atoms with van der Waals surface area (Å²) < 4.78 is 17.4. The Labute approximate surface area is 184 Å². The van der Waals surface area contributed by atoms with Crippen molar-refractivity contribution in [3.8, 4) is 22.5 Å². The number of halogens is 4. The van der Waals surface area contributed by atoms with Crippen molar-refractivity contribution in [2.24, 2.45) is 0 Å². The molecular formula is C22H14Br2ClFN2. The second kappa shape index (κ2) is 8.19. The molecule has 6 heteroatoms. The molecule has 0 N–H and O–H groups in total. The Morgan fingerprint density at radius 2 is 1.50 bits per heavy atom. The number of hydrogen-bond acceptors (Lipinski definition) is 1. The normalized spacial score (nSPS) is 11.0. The third-order valence-corrected chi connectivity index (χ3v) is 5.66. The van der Waals surface area contributed by atoms with Crippen molar-refractivity contribution in [1.82, 2.24) is 9.78 Å². The zero-order chi connectivity index (χ0) is 19.7. The van der Waals surface area contributed by atoms with Crippen molar-refractivity contribution in [2.75, 3.05) is 0 Å². The summed E-state index contributed by atoms with van der Waals surface area (Å²) in [4.78, 5) is 0. The minimum absolute atomic E-state index is 0.271. The summed E-state index contributed by atoms with van der Waals surface area (Å²) in [5, 5.41) is 5.34. The van der Waals surface area contributed by atoms with Gasteiger partial charge in [-0.3, -0.25) is 4.68 Å². The van der Waals surface area contributed by atoms with Crippen LogP contribution in [0.5, 0.6) is 0 Å². The highest BCUT2D eigenvalue weighted by Gasteiger charge is 2.20. The van der Waals surface area contributed by atoms with Crippen molar-refractivity contribution >= 4 is 43.5 Å². The Hall–Kier alpha value is -1.95. The monoisotopic (exact) mass is 518 g/mol. The molecule has 1 aromatic heterocycles. The van der Waals surface area contributed by atoms with E-state index in [1.54, 1.807) is 6.07 Å². The summed E-state index contributed by atoms with van der Waals surface area (Å²) in [5.74, 6) is -0.271. The topological polar surface area (TPSA) is 17.8 Å². The van der Waals surface area contributed by atoms with E-state index in [-0.39, 0.29) is 5.82 Å². The zero-order valence-electron chi connectivity index (χ0n) is 14.5. The minimum Gasteiger partial charge on any atom is -0.258 e. The summed E-state index contributed by atoms with van der Waals surface area (Å²) in [7, 11) is 0. The largest absolute Gasteiger partial charge is 0.258 e. The maximum atomic E-state index is 13.7. The highest BCUT2D eigenvalue weighted by atomic mass is 79.9. The Balaban J connectivity index is 1.89. The maximum absolute atomic E-state index is 13.7. The van der Waals surface area contributed by atoms with Crippen LogP contribution in [0, 0.1) is 5.82 Å². The van der Waals surface area contributed by atoms with Crippen LogP contribution in [0.4, 0.5) is 4.39 Å². The first-order valence-corrected chi connectivity index (χ1v) is 10.5. The van der Waals surface area contributed by atoms with Gasteiger partial charge in [-0.1, -0.05) is 79.9 Å². The van der Waals surface area contributed by atoms with Gasteiger partial charge in [0, 0.05) is 20.1 Å². The molecule has 3 aromatic carbocycles. The lowest BCUT2D eigenvalue weighted by atomic mass is 10.1. The lowest BCUT2D eigenvalue weighted by Gasteiger charge is -2.09. The molecule has 0 unspecified atom stereocenters. The number of aromatic nitrogens is 2. The third kappa shape index (κ3) is 4.07. The van der Waals surface area contributed by atoms with E-state index in [1.165, 1.54) is 12.1 Å². The van der Waals surface area contributed by atoms with Gasteiger partial charge in [-0.15, -0.1) is 0 Å². The first kappa shape index (κ1) is 19.4. The fourth-order valence-corrected chi connectivity index (χ4v) is 4.25. The van der Waals surface area contributed by atoms with Crippen LogP contribution in [0.3, 0.4) is 0 Å². The maximum Gasteiger partial charge on any atom is 0.123 e. The van der Waals surface area contributed by atoms with Gasteiger partial charge in [0.15, 0.2) is 0 Å². The molecule has 0 aliphatic carbocycles. The van der Waals surface area contributed by atoms with Crippen LogP contribution in [0.15, 0.2) is 81.7 Å². The van der Waals surface area contributed by atoms with Gasteiger partial charge in [-0.2, -0.15) is 5.10 Å². The first-order chi connectivity index (χ1) is 13.5. The summed E-state index contributed by atoms with van der Waals surface area (Å²) >= 11 is 13.8. The molecule has 0 radical (unpaired) electrons. The predicted octanol–water partition coefficient (Wildman–Crippen LogP) is 7.58. The van der Waals surface area contributed by atoms with Gasteiger partial charge in [0.05, 0.1) is 17.3 Å². The fourth-order valence-electron chi connectivity index (χ4n) is 3.09. The third-order valence-electron chi connectivity index (χ3n) is 4.31. The van der Waals surface area contributed by atoms with E-state index < -0.39 is 0 Å². The van der Waals surface area contributed by atoms with Gasteiger partial charge in [0.25, 0.3) is 0 Å². The fraction of sp³-hybridized carbons (Fsp3) is 0.0455. The molecule has 1 heterocycles. The SMILES string of the molecule is Fc1cccc(Cn2nc(-c3cccc(Br)c3)c(Cl)c2-c2cccc(Br)c2)c1. The van der Waals surface area contributed by atoms with Crippen LogP contribution in [0.1, 0.15) is 5.56 Å². The van der Waals surface area contributed by atoms with E-state index in [0.29, 0.717) is 17.3 Å². The first-order valence-electron chi connectivity index (χ1n) is 8.54. The van der Waals surface area contributed by atoms with Crippen LogP contribution in [0.2, 0.25) is 5.02 Å². The summed E-state index contributed by atoms with van der Waals surface area (Å²) in [6, 6.07) is 22.3. The van der Waals surface area contributed by atoms with Crippen LogP contribution in [-0.2, 0) is 6.54 Å². The Morgan fingerprint density at radius 3 is 2.18 bits per heavy atom. The van der Waals surface area contributed by atoms with E-state index in [1.807, 2.05) is 59.3 Å². The van der Waals surface area contributed by atoms with Gasteiger partial charge >= 0.3 is 0 Å². The molecule has 0 amide bonds.